The minimum Gasteiger partial charge on any atom is -0.372 e. The average Bonchev–Trinajstić information content (AvgIpc) is 2.79. The molecule has 0 unspecified atom stereocenters. The van der Waals surface area contributed by atoms with Gasteiger partial charge in [-0.05, 0) is 50.9 Å². The van der Waals surface area contributed by atoms with Crippen molar-refractivity contribution < 1.29 is 0 Å². The molecule has 1 nitrogen and oxygen atoms in total. The molecule has 1 aliphatic heterocycles. The van der Waals surface area contributed by atoms with Gasteiger partial charge in [0.15, 0.2) is 0 Å². The van der Waals surface area contributed by atoms with Gasteiger partial charge in [-0.1, -0.05) is 12.5 Å². The van der Waals surface area contributed by atoms with E-state index in [0.717, 1.165) is 12.0 Å². The molecule has 0 radical (unpaired) electrons. The monoisotopic (exact) mass is 191 g/mol. The van der Waals surface area contributed by atoms with Gasteiger partial charge >= 0.3 is 0 Å². The Hall–Kier alpha value is -0.460. The zero-order chi connectivity index (χ0) is 9.38. The summed E-state index contributed by atoms with van der Waals surface area (Å²) in [7, 11) is 0. The molecule has 0 aromatic carbocycles. The molecule has 3 aliphatic rings. The van der Waals surface area contributed by atoms with E-state index in [1.807, 2.05) is 0 Å². The Kier molecular flexibility index (Phi) is 2.27. The summed E-state index contributed by atoms with van der Waals surface area (Å²) >= 11 is 0. The highest BCUT2D eigenvalue weighted by atomic mass is 15.2. The van der Waals surface area contributed by atoms with Crippen molar-refractivity contribution in [2.75, 3.05) is 6.54 Å². The highest BCUT2D eigenvalue weighted by Gasteiger charge is 2.38. The van der Waals surface area contributed by atoms with E-state index in [4.69, 9.17) is 0 Å². The second kappa shape index (κ2) is 3.60. The number of nitrogens with zero attached hydrogens (tertiary/aromatic N) is 1. The Balaban J connectivity index is 1.75. The molecule has 0 aromatic heterocycles. The van der Waals surface area contributed by atoms with Crippen molar-refractivity contribution >= 4 is 0 Å². The molecule has 1 heterocycles. The van der Waals surface area contributed by atoms with Crippen LogP contribution < -0.4 is 0 Å². The van der Waals surface area contributed by atoms with E-state index < -0.39 is 0 Å². The molecule has 1 heteroatoms. The lowest BCUT2D eigenvalue weighted by Crippen LogP contribution is -2.30. The molecule has 0 spiro atoms. The van der Waals surface area contributed by atoms with Crippen molar-refractivity contribution in [3.63, 3.8) is 0 Å². The van der Waals surface area contributed by atoms with E-state index in [2.05, 4.69) is 11.0 Å². The van der Waals surface area contributed by atoms with E-state index in [1.54, 1.807) is 5.70 Å². The minimum atomic E-state index is 0.944. The first-order valence-electron chi connectivity index (χ1n) is 6.41. The van der Waals surface area contributed by atoms with Gasteiger partial charge in [-0.2, -0.15) is 0 Å². The molecule has 1 saturated carbocycles. The summed E-state index contributed by atoms with van der Waals surface area (Å²) in [5.41, 5.74) is 1.70. The van der Waals surface area contributed by atoms with Gasteiger partial charge in [-0.25, -0.2) is 0 Å². The van der Waals surface area contributed by atoms with Gasteiger partial charge in [-0.15, -0.1) is 0 Å². The van der Waals surface area contributed by atoms with Crippen molar-refractivity contribution in [3.8, 4) is 0 Å². The third-order valence-electron chi connectivity index (χ3n) is 4.40. The number of rotatable bonds is 1. The van der Waals surface area contributed by atoms with Gasteiger partial charge in [0.1, 0.15) is 0 Å². The zero-order valence-corrected chi connectivity index (χ0v) is 9.04. The highest BCUT2D eigenvalue weighted by Crippen LogP contribution is 2.41. The molecule has 0 N–H and O–H groups in total. The van der Waals surface area contributed by atoms with Crippen molar-refractivity contribution in [1.82, 2.24) is 4.90 Å². The van der Waals surface area contributed by atoms with Gasteiger partial charge in [0.25, 0.3) is 0 Å². The predicted molar refractivity (Wildman–Crippen MR) is 59.0 cm³/mol. The second-order valence-corrected chi connectivity index (χ2v) is 5.18. The number of hydrogen-bond acceptors (Lipinski definition) is 1. The van der Waals surface area contributed by atoms with Crippen LogP contribution in [0.2, 0.25) is 0 Å². The summed E-state index contributed by atoms with van der Waals surface area (Å²) in [5, 5.41) is 0. The molecule has 78 valence electrons. The average molecular weight is 191 g/mol. The first-order chi connectivity index (χ1) is 6.95. The molecule has 3 rings (SSSR count). The van der Waals surface area contributed by atoms with Crippen molar-refractivity contribution in [3.05, 3.63) is 11.8 Å². The Morgan fingerprint density at radius 1 is 1.07 bits per heavy atom. The molecule has 1 saturated heterocycles. The first-order valence-corrected chi connectivity index (χ1v) is 6.41. The third kappa shape index (κ3) is 1.37. The summed E-state index contributed by atoms with van der Waals surface area (Å²) < 4.78 is 0. The number of fused-ring (bicyclic) bond motifs is 1. The molecular weight excluding hydrogens is 170 g/mol. The van der Waals surface area contributed by atoms with Gasteiger partial charge in [0.2, 0.25) is 0 Å². The topological polar surface area (TPSA) is 3.24 Å². The van der Waals surface area contributed by atoms with Crippen molar-refractivity contribution in [2.45, 2.75) is 57.4 Å². The summed E-state index contributed by atoms with van der Waals surface area (Å²) in [4.78, 5) is 2.76. The van der Waals surface area contributed by atoms with Crippen molar-refractivity contribution in [2.24, 2.45) is 5.92 Å². The maximum Gasteiger partial charge on any atom is 0.0315 e. The Morgan fingerprint density at radius 3 is 2.93 bits per heavy atom. The van der Waals surface area contributed by atoms with Gasteiger partial charge < -0.3 is 4.90 Å². The van der Waals surface area contributed by atoms with E-state index in [9.17, 15) is 0 Å². The van der Waals surface area contributed by atoms with Crippen LogP contribution in [-0.4, -0.2) is 17.5 Å². The highest BCUT2D eigenvalue weighted by molar-refractivity contribution is 5.10. The maximum absolute atomic E-state index is 2.76. The van der Waals surface area contributed by atoms with Gasteiger partial charge in [-0.3, -0.25) is 0 Å². The molecule has 2 fully saturated rings. The fraction of sp³-hybridized carbons (Fsp3) is 0.846. The zero-order valence-electron chi connectivity index (χ0n) is 9.04. The Labute approximate surface area is 87.2 Å². The number of hydrogen-bond donors (Lipinski definition) is 0. The lowest BCUT2D eigenvalue weighted by molar-refractivity contribution is 0.286. The molecule has 2 aliphatic carbocycles. The molecule has 2 atom stereocenters. The molecule has 0 aromatic rings. The summed E-state index contributed by atoms with van der Waals surface area (Å²) in [5.74, 6) is 1.05. The van der Waals surface area contributed by atoms with Crippen LogP contribution in [0.25, 0.3) is 0 Å². The quantitative estimate of drug-likeness (QED) is 0.614. The van der Waals surface area contributed by atoms with Crippen LogP contribution in [0.5, 0.6) is 0 Å². The van der Waals surface area contributed by atoms with Crippen LogP contribution in [0, 0.1) is 5.92 Å². The fourth-order valence-electron chi connectivity index (χ4n) is 3.67. The van der Waals surface area contributed by atoms with E-state index in [1.165, 1.54) is 57.9 Å². The third-order valence-corrected chi connectivity index (χ3v) is 4.40. The first kappa shape index (κ1) is 8.82. The number of likely N-dealkylation sites (tertiary alicyclic amines) is 1. The summed E-state index contributed by atoms with van der Waals surface area (Å²) in [6.45, 7) is 1.36. The van der Waals surface area contributed by atoms with E-state index in [-0.39, 0.29) is 0 Å². The van der Waals surface area contributed by atoms with Crippen LogP contribution >= 0.6 is 0 Å². The van der Waals surface area contributed by atoms with Crippen LogP contribution in [0.3, 0.4) is 0 Å². The van der Waals surface area contributed by atoms with Crippen LogP contribution in [-0.2, 0) is 0 Å². The van der Waals surface area contributed by atoms with E-state index >= 15 is 0 Å². The Morgan fingerprint density at radius 2 is 2.07 bits per heavy atom. The number of allylic oxidation sites excluding steroid dienone is 2. The molecule has 14 heavy (non-hydrogen) atoms. The smallest absolute Gasteiger partial charge is 0.0315 e. The standard InChI is InChI=1S/C13H21N/c1-2-6-12(7-3-1)14-10-9-11-5-4-8-13(11)14/h6,11,13H,1-5,7-10H2/t11-,13-/m1/s1. The molecule has 0 bridgehead atoms. The van der Waals surface area contributed by atoms with Crippen LogP contribution in [0.1, 0.15) is 51.4 Å². The molecule has 0 amide bonds. The maximum atomic E-state index is 2.76. The van der Waals surface area contributed by atoms with Gasteiger partial charge in [0.05, 0.1) is 0 Å². The lowest BCUT2D eigenvalue weighted by Gasteiger charge is -2.30. The van der Waals surface area contributed by atoms with Gasteiger partial charge in [0, 0.05) is 18.3 Å². The largest absolute Gasteiger partial charge is 0.372 e. The van der Waals surface area contributed by atoms with Crippen molar-refractivity contribution in [1.29, 1.82) is 0 Å². The SMILES string of the molecule is C1=C(N2CC[C@H]3CCC[C@H]32)CCCC1. The van der Waals surface area contributed by atoms with E-state index in [0.29, 0.717) is 0 Å². The Bertz CT molecular complexity index is 244. The van der Waals surface area contributed by atoms with Crippen LogP contribution in [0.4, 0.5) is 0 Å². The summed E-state index contributed by atoms with van der Waals surface area (Å²) in [6.07, 6.45) is 14.0. The molecular formula is C13H21N. The fourth-order valence-corrected chi connectivity index (χ4v) is 3.67. The predicted octanol–water partition coefficient (Wildman–Crippen LogP) is 3.32. The second-order valence-electron chi connectivity index (χ2n) is 5.18. The minimum absolute atomic E-state index is 0.944. The van der Waals surface area contributed by atoms with Crippen LogP contribution in [0.15, 0.2) is 11.8 Å². The lowest BCUT2D eigenvalue weighted by atomic mass is 10.0. The summed E-state index contributed by atoms with van der Waals surface area (Å²) in [6, 6.07) is 0.944. The normalized spacial score (nSPS) is 37.1.